The van der Waals surface area contributed by atoms with Gasteiger partial charge in [0.15, 0.2) is 0 Å². The van der Waals surface area contributed by atoms with E-state index in [-0.39, 0.29) is 5.41 Å². The standard InChI is InChI=1S/C22H24N2O/c1-22(2)12-18-20(19(25)13-22)21(16-10-6-7-11-17(16)24-18)23-14-15-8-4-3-5-9-15/h3-11,19,25H,12-14H2,1-2H3,(H,23,24)/t19-/m0/s1. The molecule has 0 saturated heterocycles. The van der Waals surface area contributed by atoms with Crippen LogP contribution in [0.1, 0.15) is 43.2 Å². The van der Waals surface area contributed by atoms with E-state index in [1.165, 1.54) is 5.56 Å². The molecule has 1 aromatic heterocycles. The second-order valence-electron chi connectivity index (χ2n) is 7.76. The van der Waals surface area contributed by atoms with E-state index in [0.29, 0.717) is 0 Å². The summed E-state index contributed by atoms with van der Waals surface area (Å²) >= 11 is 0. The number of fused-ring (bicyclic) bond motifs is 2. The van der Waals surface area contributed by atoms with Gasteiger partial charge in [-0.15, -0.1) is 0 Å². The van der Waals surface area contributed by atoms with E-state index >= 15 is 0 Å². The van der Waals surface area contributed by atoms with Crippen molar-refractivity contribution in [1.82, 2.24) is 4.98 Å². The number of nitrogens with one attached hydrogen (secondary N) is 1. The highest BCUT2D eigenvalue weighted by Gasteiger charge is 2.34. The molecule has 3 aromatic rings. The third kappa shape index (κ3) is 3.12. The number of benzene rings is 2. The number of aromatic nitrogens is 1. The topological polar surface area (TPSA) is 45.2 Å². The average molecular weight is 332 g/mol. The van der Waals surface area contributed by atoms with Crippen molar-refractivity contribution in [3.8, 4) is 0 Å². The van der Waals surface area contributed by atoms with Gasteiger partial charge in [-0.2, -0.15) is 0 Å². The first-order valence-corrected chi connectivity index (χ1v) is 8.91. The lowest BCUT2D eigenvalue weighted by atomic mass is 9.74. The second kappa shape index (κ2) is 6.16. The van der Waals surface area contributed by atoms with E-state index in [1.807, 2.05) is 18.2 Å². The van der Waals surface area contributed by atoms with Crippen LogP contribution in [0.25, 0.3) is 10.9 Å². The Hall–Kier alpha value is -2.39. The average Bonchev–Trinajstić information content (AvgIpc) is 2.58. The Morgan fingerprint density at radius 3 is 2.60 bits per heavy atom. The normalized spacial score (nSPS) is 18.8. The number of nitrogens with zero attached hydrogens (tertiary/aromatic N) is 1. The minimum atomic E-state index is -0.478. The van der Waals surface area contributed by atoms with Crippen molar-refractivity contribution in [2.45, 2.75) is 39.3 Å². The minimum Gasteiger partial charge on any atom is -0.388 e. The van der Waals surface area contributed by atoms with Gasteiger partial charge in [-0.3, -0.25) is 4.98 Å². The number of para-hydroxylation sites is 1. The maximum Gasteiger partial charge on any atom is 0.0833 e. The maximum atomic E-state index is 10.9. The van der Waals surface area contributed by atoms with Crippen molar-refractivity contribution in [2.75, 3.05) is 5.32 Å². The van der Waals surface area contributed by atoms with Gasteiger partial charge in [-0.1, -0.05) is 62.4 Å². The predicted molar refractivity (Wildman–Crippen MR) is 103 cm³/mol. The zero-order valence-electron chi connectivity index (χ0n) is 14.8. The van der Waals surface area contributed by atoms with E-state index in [4.69, 9.17) is 4.98 Å². The summed E-state index contributed by atoms with van der Waals surface area (Å²) in [5, 5.41) is 15.5. The highest BCUT2D eigenvalue weighted by Crippen LogP contribution is 2.45. The molecule has 2 N–H and O–H groups in total. The first-order valence-electron chi connectivity index (χ1n) is 8.91. The molecule has 128 valence electrons. The molecule has 2 aromatic carbocycles. The van der Waals surface area contributed by atoms with Crippen LogP contribution in [0, 0.1) is 5.41 Å². The molecular formula is C22H24N2O. The largest absolute Gasteiger partial charge is 0.388 e. The fraction of sp³-hybridized carbons (Fsp3) is 0.318. The Balaban J connectivity index is 1.82. The van der Waals surface area contributed by atoms with E-state index in [1.54, 1.807) is 0 Å². The number of rotatable bonds is 3. The van der Waals surface area contributed by atoms with Crippen LogP contribution >= 0.6 is 0 Å². The number of aliphatic hydroxyl groups excluding tert-OH is 1. The van der Waals surface area contributed by atoms with Gasteiger partial charge in [0.2, 0.25) is 0 Å². The summed E-state index contributed by atoms with van der Waals surface area (Å²) in [5.74, 6) is 0. The fourth-order valence-corrected chi connectivity index (χ4v) is 3.90. The summed E-state index contributed by atoms with van der Waals surface area (Å²) in [6, 6.07) is 18.5. The summed E-state index contributed by atoms with van der Waals surface area (Å²) in [4.78, 5) is 4.88. The molecular weight excluding hydrogens is 308 g/mol. The van der Waals surface area contributed by atoms with Gasteiger partial charge in [0.05, 0.1) is 17.3 Å². The molecule has 1 heterocycles. The molecule has 0 bridgehead atoms. The van der Waals surface area contributed by atoms with Crippen LogP contribution in [0.15, 0.2) is 54.6 Å². The summed E-state index contributed by atoms with van der Waals surface area (Å²) in [5.41, 5.74) is 5.32. The zero-order chi connectivity index (χ0) is 17.4. The molecule has 1 aliphatic carbocycles. The van der Waals surface area contributed by atoms with Crippen molar-refractivity contribution in [2.24, 2.45) is 5.41 Å². The minimum absolute atomic E-state index is 0.0680. The molecule has 0 spiro atoms. The Kier molecular flexibility index (Phi) is 3.97. The van der Waals surface area contributed by atoms with E-state index in [9.17, 15) is 5.11 Å². The van der Waals surface area contributed by atoms with Crippen LogP contribution in [0.2, 0.25) is 0 Å². The summed E-state index contributed by atoms with van der Waals surface area (Å²) in [7, 11) is 0. The predicted octanol–water partition coefficient (Wildman–Crippen LogP) is 4.85. The second-order valence-corrected chi connectivity index (χ2v) is 7.76. The van der Waals surface area contributed by atoms with Crippen LogP contribution in [0.4, 0.5) is 5.69 Å². The number of aliphatic hydroxyl groups is 1. The first-order chi connectivity index (χ1) is 12.0. The monoisotopic (exact) mass is 332 g/mol. The molecule has 25 heavy (non-hydrogen) atoms. The number of hydrogen-bond acceptors (Lipinski definition) is 3. The zero-order valence-corrected chi connectivity index (χ0v) is 14.8. The number of anilines is 1. The molecule has 0 amide bonds. The van der Waals surface area contributed by atoms with Gasteiger partial charge in [0.1, 0.15) is 0 Å². The first kappa shape index (κ1) is 16.1. The molecule has 0 saturated carbocycles. The third-order valence-corrected chi connectivity index (χ3v) is 5.05. The van der Waals surface area contributed by atoms with E-state index in [2.05, 4.69) is 55.6 Å². The van der Waals surface area contributed by atoms with Gasteiger partial charge in [-0.05, 0) is 29.9 Å². The van der Waals surface area contributed by atoms with Gasteiger partial charge < -0.3 is 10.4 Å². The number of pyridine rings is 1. The maximum absolute atomic E-state index is 10.9. The van der Waals surface area contributed by atoms with Crippen LogP contribution in [-0.4, -0.2) is 10.1 Å². The highest BCUT2D eigenvalue weighted by atomic mass is 16.3. The van der Waals surface area contributed by atoms with E-state index < -0.39 is 6.10 Å². The summed E-state index contributed by atoms with van der Waals surface area (Å²) in [6.07, 6.45) is 1.18. The van der Waals surface area contributed by atoms with Gasteiger partial charge in [0.25, 0.3) is 0 Å². The Labute approximate surface area is 148 Å². The van der Waals surface area contributed by atoms with Crippen molar-refractivity contribution < 1.29 is 5.11 Å². The van der Waals surface area contributed by atoms with Crippen molar-refractivity contribution >= 4 is 16.6 Å². The molecule has 3 nitrogen and oxygen atoms in total. The Morgan fingerprint density at radius 1 is 1.08 bits per heavy atom. The third-order valence-electron chi connectivity index (χ3n) is 5.05. The summed E-state index contributed by atoms with van der Waals surface area (Å²) < 4.78 is 0. The summed E-state index contributed by atoms with van der Waals surface area (Å²) in [6.45, 7) is 5.14. The molecule has 0 unspecified atom stereocenters. The van der Waals surface area contributed by atoms with Gasteiger partial charge >= 0.3 is 0 Å². The number of hydrogen-bond donors (Lipinski definition) is 2. The molecule has 1 atom stereocenters. The van der Waals surface area contributed by atoms with Crippen molar-refractivity contribution in [3.05, 3.63) is 71.4 Å². The lowest BCUT2D eigenvalue weighted by Crippen LogP contribution is -2.27. The lowest BCUT2D eigenvalue weighted by Gasteiger charge is -2.35. The quantitative estimate of drug-likeness (QED) is 0.720. The molecule has 0 aliphatic heterocycles. The van der Waals surface area contributed by atoms with Crippen molar-refractivity contribution in [1.29, 1.82) is 0 Å². The van der Waals surface area contributed by atoms with Crippen LogP contribution in [-0.2, 0) is 13.0 Å². The van der Waals surface area contributed by atoms with Gasteiger partial charge in [0, 0.05) is 23.2 Å². The Bertz CT molecular complexity index is 903. The van der Waals surface area contributed by atoms with Gasteiger partial charge in [-0.25, -0.2) is 0 Å². The van der Waals surface area contributed by atoms with Crippen LogP contribution < -0.4 is 5.32 Å². The molecule has 0 fully saturated rings. The van der Waals surface area contributed by atoms with Crippen LogP contribution in [0.5, 0.6) is 0 Å². The molecule has 1 aliphatic rings. The molecule has 0 radical (unpaired) electrons. The SMILES string of the molecule is CC1(C)Cc2nc3ccccc3c(NCc3ccccc3)c2[C@@H](O)C1. The van der Waals surface area contributed by atoms with Crippen LogP contribution in [0.3, 0.4) is 0 Å². The molecule has 4 rings (SSSR count). The smallest absolute Gasteiger partial charge is 0.0833 e. The Morgan fingerprint density at radius 2 is 1.80 bits per heavy atom. The fourth-order valence-electron chi connectivity index (χ4n) is 3.90. The van der Waals surface area contributed by atoms with E-state index in [0.717, 1.165) is 47.2 Å². The highest BCUT2D eigenvalue weighted by molar-refractivity contribution is 5.93. The lowest BCUT2D eigenvalue weighted by molar-refractivity contribution is 0.0991. The molecule has 3 heteroatoms. The van der Waals surface area contributed by atoms with Crippen molar-refractivity contribution in [3.63, 3.8) is 0 Å².